The Morgan fingerprint density at radius 3 is 2.70 bits per heavy atom. The Balaban J connectivity index is 2.08. The van der Waals surface area contributed by atoms with Gasteiger partial charge in [-0.3, -0.25) is 4.79 Å². The number of benzene rings is 1. The highest BCUT2D eigenvalue weighted by Gasteiger charge is 2.07. The summed E-state index contributed by atoms with van der Waals surface area (Å²) in [6.45, 7) is 6.54. The lowest BCUT2D eigenvalue weighted by Crippen LogP contribution is -2.11. The SMILES string of the molecule is CCC(=O)Nc1cccc(NCc2nc(C)cs2)c1C. The summed E-state index contributed by atoms with van der Waals surface area (Å²) in [7, 11) is 0. The second kappa shape index (κ2) is 6.52. The van der Waals surface area contributed by atoms with Crippen molar-refractivity contribution < 1.29 is 4.79 Å². The molecule has 1 heterocycles. The Morgan fingerprint density at radius 2 is 2.05 bits per heavy atom. The van der Waals surface area contributed by atoms with E-state index in [0.717, 1.165) is 27.6 Å². The number of thiazole rings is 1. The first-order valence-corrected chi connectivity index (χ1v) is 7.52. The van der Waals surface area contributed by atoms with E-state index in [0.29, 0.717) is 13.0 Å². The summed E-state index contributed by atoms with van der Waals surface area (Å²) >= 11 is 1.65. The number of nitrogens with one attached hydrogen (secondary N) is 2. The van der Waals surface area contributed by atoms with Crippen LogP contribution in [0.15, 0.2) is 23.6 Å². The minimum Gasteiger partial charge on any atom is -0.378 e. The summed E-state index contributed by atoms with van der Waals surface area (Å²) < 4.78 is 0. The van der Waals surface area contributed by atoms with Crippen LogP contribution in [0, 0.1) is 13.8 Å². The number of rotatable bonds is 5. The van der Waals surface area contributed by atoms with Gasteiger partial charge in [-0.1, -0.05) is 13.0 Å². The maximum absolute atomic E-state index is 11.5. The van der Waals surface area contributed by atoms with Crippen molar-refractivity contribution in [3.8, 4) is 0 Å². The summed E-state index contributed by atoms with van der Waals surface area (Å²) in [5, 5.41) is 9.38. The fraction of sp³-hybridized carbons (Fsp3) is 0.333. The van der Waals surface area contributed by atoms with E-state index in [1.165, 1.54) is 0 Å². The van der Waals surface area contributed by atoms with Gasteiger partial charge in [-0.2, -0.15) is 0 Å². The van der Waals surface area contributed by atoms with E-state index in [1.807, 2.05) is 44.4 Å². The number of hydrogen-bond donors (Lipinski definition) is 2. The van der Waals surface area contributed by atoms with E-state index in [9.17, 15) is 4.79 Å². The number of aromatic nitrogens is 1. The van der Waals surface area contributed by atoms with Crippen LogP contribution in [0.3, 0.4) is 0 Å². The molecule has 4 nitrogen and oxygen atoms in total. The molecule has 0 fully saturated rings. The average Bonchev–Trinajstić information content (AvgIpc) is 2.85. The molecule has 1 aromatic heterocycles. The number of amides is 1. The van der Waals surface area contributed by atoms with Gasteiger partial charge in [0.25, 0.3) is 0 Å². The number of aryl methyl sites for hydroxylation is 1. The fourth-order valence-electron chi connectivity index (χ4n) is 1.86. The second-order valence-corrected chi connectivity index (χ2v) is 5.56. The summed E-state index contributed by atoms with van der Waals surface area (Å²) in [5.74, 6) is 0.0285. The van der Waals surface area contributed by atoms with Crippen LogP contribution < -0.4 is 10.6 Å². The Hall–Kier alpha value is -1.88. The second-order valence-electron chi connectivity index (χ2n) is 4.62. The van der Waals surface area contributed by atoms with Crippen molar-refractivity contribution in [2.24, 2.45) is 0 Å². The van der Waals surface area contributed by atoms with Crippen molar-refractivity contribution in [2.45, 2.75) is 33.7 Å². The third-order valence-electron chi connectivity index (χ3n) is 3.03. The smallest absolute Gasteiger partial charge is 0.224 e. The molecule has 5 heteroatoms. The zero-order valence-electron chi connectivity index (χ0n) is 12.0. The van der Waals surface area contributed by atoms with E-state index in [1.54, 1.807) is 11.3 Å². The van der Waals surface area contributed by atoms with Crippen LogP contribution >= 0.6 is 11.3 Å². The Morgan fingerprint density at radius 1 is 1.30 bits per heavy atom. The van der Waals surface area contributed by atoms with E-state index in [2.05, 4.69) is 15.6 Å². The Bertz CT molecular complexity index is 607. The molecular formula is C15H19N3OS. The van der Waals surface area contributed by atoms with Crippen molar-refractivity contribution in [1.82, 2.24) is 4.98 Å². The lowest BCUT2D eigenvalue weighted by Gasteiger charge is -2.13. The van der Waals surface area contributed by atoms with Crippen LogP contribution in [0.4, 0.5) is 11.4 Å². The molecule has 0 unspecified atom stereocenters. The standard InChI is InChI=1S/C15H19N3OS/c1-4-14(19)18-13-7-5-6-12(11(13)3)16-8-15-17-10(2)9-20-15/h5-7,9,16H,4,8H2,1-3H3,(H,18,19). The van der Waals surface area contributed by atoms with Gasteiger partial charge in [-0.05, 0) is 31.5 Å². The highest BCUT2D eigenvalue weighted by Crippen LogP contribution is 2.24. The molecule has 0 spiro atoms. The van der Waals surface area contributed by atoms with Crippen LogP contribution in [0.2, 0.25) is 0 Å². The average molecular weight is 289 g/mol. The predicted molar refractivity (Wildman–Crippen MR) is 84.3 cm³/mol. The van der Waals surface area contributed by atoms with Crippen LogP contribution in [-0.2, 0) is 11.3 Å². The number of hydrogen-bond acceptors (Lipinski definition) is 4. The molecule has 2 aromatic rings. The topological polar surface area (TPSA) is 54.0 Å². The van der Waals surface area contributed by atoms with Gasteiger partial charge in [0.05, 0.1) is 6.54 Å². The molecule has 0 saturated carbocycles. The van der Waals surface area contributed by atoms with Gasteiger partial charge in [0, 0.05) is 28.9 Å². The van der Waals surface area contributed by atoms with Crippen LogP contribution in [0.1, 0.15) is 29.6 Å². The van der Waals surface area contributed by atoms with Gasteiger partial charge >= 0.3 is 0 Å². The maximum Gasteiger partial charge on any atom is 0.224 e. The monoisotopic (exact) mass is 289 g/mol. The summed E-state index contributed by atoms with van der Waals surface area (Å²) in [5.41, 5.74) is 3.97. The molecule has 20 heavy (non-hydrogen) atoms. The van der Waals surface area contributed by atoms with Gasteiger partial charge in [0.1, 0.15) is 5.01 Å². The Kier molecular flexibility index (Phi) is 4.74. The zero-order chi connectivity index (χ0) is 14.5. The van der Waals surface area contributed by atoms with Crippen molar-refractivity contribution >= 4 is 28.6 Å². The molecular weight excluding hydrogens is 270 g/mol. The molecule has 2 N–H and O–H groups in total. The molecule has 0 bridgehead atoms. The molecule has 1 amide bonds. The summed E-state index contributed by atoms with van der Waals surface area (Å²) in [6, 6.07) is 5.87. The van der Waals surface area contributed by atoms with Gasteiger partial charge in [0.15, 0.2) is 0 Å². The van der Waals surface area contributed by atoms with E-state index < -0.39 is 0 Å². The third-order valence-corrected chi connectivity index (χ3v) is 3.99. The van der Waals surface area contributed by atoms with E-state index >= 15 is 0 Å². The third kappa shape index (κ3) is 3.57. The summed E-state index contributed by atoms with van der Waals surface area (Å²) in [4.78, 5) is 15.9. The lowest BCUT2D eigenvalue weighted by molar-refractivity contribution is -0.115. The molecule has 0 radical (unpaired) electrons. The number of carbonyl (C=O) groups is 1. The molecule has 0 saturated heterocycles. The van der Waals surface area contributed by atoms with Crippen molar-refractivity contribution in [3.05, 3.63) is 39.8 Å². The van der Waals surface area contributed by atoms with Crippen molar-refractivity contribution in [1.29, 1.82) is 0 Å². The highest BCUT2D eigenvalue weighted by atomic mass is 32.1. The van der Waals surface area contributed by atoms with Crippen LogP contribution in [-0.4, -0.2) is 10.9 Å². The molecule has 2 rings (SSSR count). The van der Waals surface area contributed by atoms with E-state index in [4.69, 9.17) is 0 Å². The minimum atomic E-state index is 0.0285. The first-order valence-electron chi connectivity index (χ1n) is 6.64. The van der Waals surface area contributed by atoms with Gasteiger partial charge in [0.2, 0.25) is 5.91 Å². The zero-order valence-corrected chi connectivity index (χ0v) is 12.8. The largest absolute Gasteiger partial charge is 0.378 e. The predicted octanol–water partition coefficient (Wildman–Crippen LogP) is 3.72. The molecule has 0 aliphatic carbocycles. The van der Waals surface area contributed by atoms with Gasteiger partial charge in [-0.25, -0.2) is 4.98 Å². The number of carbonyl (C=O) groups excluding carboxylic acids is 1. The molecule has 1 aromatic carbocycles. The molecule has 0 atom stereocenters. The number of nitrogens with zero attached hydrogens (tertiary/aromatic N) is 1. The minimum absolute atomic E-state index is 0.0285. The summed E-state index contributed by atoms with van der Waals surface area (Å²) in [6.07, 6.45) is 0.482. The highest BCUT2D eigenvalue weighted by molar-refractivity contribution is 7.09. The van der Waals surface area contributed by atoms with Crippen molar-refractivity contribution in [3.63, 3.8) is 0 Å². The van der Waals surface area contributed by atoms with Gasteiger partial charge < -0.3 is 10.6 Å². The molecule has 0 aliphatic heterocycles. The van der Waals surface area contributed by atoms with Gasteiger partial charge in [-0.15, -0.1) is 11.3 Å². The first-order chi connectivity index (χ1) is 9.60. The Labute approximate surface area is 123 Å². The normalized spacial score (nSPS) is 10.3. The lowest BCUT2D eigenvalue weighted by atomic mass is 10.1. The fourth-order valence-corrected chi connectivity index (χ4v) is 2.57. The van der Waals surface area contributed by atoms with E-state index in [-0.39, 0.29) is 5.91 Å². The van der Waals surface area contributed by atoms with Crippen molar-refractivity contribution in [2.75, 3.05) is 10.6 Å². The first kappa shape index (κ1) is 14.5. The molecule has 0 aliphatic rings. The molecule has 106 valence electrons. The number of anilines is 2. The quantitative estimate of drug-likeness (QED) is 0.882. The van der Waals surface area contributed by atoms with Crippen LogP contribution in [0.5, 0.6) is 0 Å². The van der Waals surface area contributed by atoms with Crippen LogP contribution in [0.25, 0.3) is 0 Å². The maximum atomic E-state index is 11.5.